The molecule has 2 rings (SSSR count). The summed E-state index contributed by atoms with van der Waals surface area (Å²) in [6.07, 6.45) is 9.43. The van der Waals surface area contributed by atoms with Crippen molar-refractivity contribution in [1.29, 1.82) is 0 Å². The predicted molar refractivity (Wildman–Crippen MR) is 66.9 cm³/mol. The van der Waals surface area contributed by atoms with Crippen LogP contribution in [0.15, 0.2) is 4.42 Å². The Labute approximate surface area is 103 Å². The summed E-state index contributed by atoms with van der Waals surface area (Å²) in [6, 6.07) is 0.756. The molecule has 0 aromatic carbocycles. The number of hydrogen-bond acceptors (Lipinski definition) is 4. The summed E-state index contributed by atoms with van der Waals surface area (Å²) in [6.45, 7) is 3.18. The minimum atomic E-state index is 0.756. The Hall–Kier alpha value is -0.900. The minimum absolute atomic E-state index is 0.756. The lowest BCUT2D eigenvalue weighted by molar-refractivity contribution is 0.435. The van der Waals surface area contributed by atoms with Crippen LogP contribution in [-0.2, 0) is 12.8 Å². The molecule has 1 aromatic heterocycles. The fraction of sp³-hybridized carbons (Fsp3) is 0.846. The van der Waals surface area contributed by atoms with Crippen molar-refractivity contribution in [3.63, 3.8) is 0 Å². The van der Waals surface area contributed by atoms with Gasteiger partial charge in [-0.05, 0) is 19.3 Å². The zero-order valence-corrected chi connectivity index (χ0v) is 10.7. The van der Waals surface area contributed by atoms with Crippen LogP contribution in [0, 0.1) is 0 Å². The van der Waals surface area contributed by atoms with Gasteiger partial charge in [-0.1, -0.05) is 26.2 Å². The number of nitrogens with one attached hydrogen (secondary N) is 1. The highest BCUT2D eigenvalue weighted by Crippen LogP contribution is 2.18. The average molecular weight is 237 g/mol. The van der Waals surface area contributed by atoms with E-state index < -0.39 is 0 Å². The first-order valence-corrected chi connectivity index (χ1v) is 6.93. The van der Waals surface area contributed by atoms with Crippen molar-refractivity contribution in [2.75, 3.05) is 6.54 Å². The second-order valence-electron chi connectivity index (χ2n) is 4.88. The highest BCUT2D eigenvalue weighted by Gasteiger charge is 2.20. The number of aromatic nitrogens is 2. The lowest BCUT2D eigenvalue weighted by atomic mass is 10.1. The van der Waals surface area contributed by atoms with Crippen molar-refractivity contribution in [3.05, 3.63) is 11.8 Å². The third-order valence-electron chi connectivity index (χ3n) is 3.10. The van der Waals surface area contributed by atoms with Gasteiger partial charge in [0.05, 0.1) is 0 Å². The Morgan fingerprint density at radius 2 is 1.88 bits per heavy atom. The third-order valence-corrected chi connectivity index (χ3v) is 3.10. The molecule has 0 bridgehead atoms. The van der Waals surface area contributed by atoms with Crippen LogP contribution in [0.2, 0.25) is 0 Å². The molecule has 0 aliphatic heterocycles. The molecular formula is C13H23N3O. The molecule has 1 saturated carbocycles. The second kappa shape index (κ2) is 6.74. The fourth-order valence-corrected chi connectivity index (χ4v) is 1.86. The first-order valence-electron chi connectivity index (χ1n) is 6.93. The summed E-state index contributed by atoms with van der Waals surface area (Å²) in [5, 5.41) is 11.6. The van der Waals surface area contributed by atoms with Crippen LogP contribution < -0.4 is 5.32 Å². The van der Waals surface area contributed by atoms with Gasteiger partial charge in [0.25, 0.3) is 0 Å². The summed E-state index contributed by atoms with van der Waals surface area (Å²) < 4.78 is 5.60. The Kier molecular flexibility index (Phi) is 4.98. The van der Waals surface area contributed by atoms with Gasteiger partial charge in [0.2, 0.25) is 11.8 Å². The normalized spacial score (nSPS) is 15.4. The number of hydrogen-bond donors (Lipinski definition) is 1. The van der Waals surface area contributed by atoms with E-state index in [9.17, 15) is 0 Å². The summed E-state index contributed by atoms with van der Waals surface area (Å²) in [4.78, 5) is 0. The lowest BCUT2D eigenvalue weighted by Crippen LogP contribution is -2.19. The molecule has 0 radical (unpaired) electrons. The summed E-state index contributed by atoms with van der Waals surface area (Å²) in [5.74, 6) is 1.59. The molecule has 0 atom stereocenters. The molecule has 0 spiro atoms. The molecule has 1 heterocycles. The standard InChI is InChI=1S/C13H23N3O/c1-2-3-4-5-6-12-15-16-13(17-12)9-10-14-11-7-8-11/h11,14H,2-10H2,1H3. The SMILES string of the molecule is CCCCCCc1nnc(CCNC2CC2)o1. The van der Waals surface area contributed by atoms with E-state index in [1.54, 1.807) is 0 Å². The molecular weight excluding hydrogens is 214 g/mol. The molecule has 0 saturated heterocycles. The third kappa shape index (κ3) is 4.86. The van der Waals surface area contributed by atoms with Crippen molar-refractivity contribution in [1.82, 2.24) is 15.5 Å². The molecule has 17 heavy (non-hydrogen) atoms. The van der Waals surface area contributed by atoms with Gasteiger partial charge in [-0.3, -0.25) is 0 Å². The largest absolute Gasteiger partial charge is 0.425 e. The molecule has 1 aromatic rings. The highest BCUT2D eigenvalue weighted by atomic mass is 16.4. The monoisotopic (exact) mass is 237 g/mol. The number of aryl methyl sites for hydroxylation is 1. The van der Waals surface area contributed by atoms with Gasteiger partial charge >= 0.3 is 0 Å². The van der Waals surface area contributed by atoms with Crippen LogP contribution in [0.3, 0.4) is 0 Å². The van der Waals surface area contributed by atoms with Gasteiger partial charge in [-0.15, -0.1) is 10.2 Å². The maximum Gasteiger partial charge on any atom is 0.217 e. The highest BCUT2D eigenvalue weighted by molar-refractivity contribution is 4.86. The van der Waals surface area contributed by atoms with Crippen LogP contribution in [-0.4, -0.2) is 22.8 Å². The first-order chi connectivity index (χ1) is 8.38. The van der Waals surface area contributed by atoms with E-state index >= 15 is 0 Å². The van der Waals surface area contributed by atoms with Crippen molar-refractivity contribution in [2.45, 2.75) is 64.3 Å². The zero-order valence-electron chi connectivity index (χ0n) is 10.7. The van der Waals surface area contributed by atoms with Gasteiger partial charge in [-0.25, -0.2) is 0 Å². The van der Waals surface area contributed by atoms with Crippen LogP contribution >= 0.6 is 0 Å². The van der Waals surface area contributed by atoms with Gasteiger partial charge < -0.3 is 9.73 Å². The number of rotatable bonds is 9. The predicted octanol–water partition coefficient (Wildman–Crippen LogP) is 2.49. The molecule has 96 valence electrons. The van der Waals surface area contributed by atoms with E-state index in [1.165, 1.54) is 32.1 Å². The molecule has 4 nitrogen and oxygen atoms in total. The molecule has 1 aliphatic carbocycles. The molecule has 0 unspecified atom stereocenters. The van der Waals surface area contributed by atoms with Gasteiger partial charge in [0.15, 0.2) is 0 Å². The van der Waals surface area contributed by atoms with Crippen molar-refractivity contribution >= 4 is 0 Å². The Morgan fingerprint density at radius 3 is 2.59 bits per heavy atom. The molecule has 1 aliphatic rings. The van der Waals surface area contributed by atoms with E-state index in [1.807, 2.05) is 0 Å². The zero-order chi connectivity index (χ0) is 11.9. The molecule has 4 heteroatoms. The van der Waals surface area contributed by atoms with Gasteiger partial charge in [-0.2, -0.15) is 0 Å². The Bertz CT molecular complexity index is 320. The smallest absolute Gasteiger partial charge is 0.217 e. The molecule has 1 N–H and O–H groups in total. The quantitative estimate of drug-likeness (QED) is 0.670. The van der Waals surface area contributed by atoms with Crippen LogP contribution in [0.4, 0.5) is 0 Å². The summed E-state index contributed by atoms with van der Waals surface area (Å²) >= 11 is 0. The van der Waals surface area contributed by atoms with E-state index in [0.717, 1.165) is 43.6 Å². The van der Waals surface area contributed by atoms with Gasteiger partial charge in [0, 0.05) is 25.4 Å². The average Bonchev–Trinajstić information content (AvgIpc) is 3.04. The number of nitrogens with zero attached hydrogens (tertiary/aromatic N) is 2. The second-order valence-corrected chi connectivity index (χ2v) is 4.88. The maximum atomic E-state index is 5.60. The van der Waals surface area contributed by atoms with Crippen molar-refractivity contribution in [2.24, 2.45) is 0 Å². The lowest BCUT2D eigenvalue weighted by Gasteiger charge is -1.98. The van der Waals surface area contributed by atoms with Crippen LogP contribution in [0.25, 0.3) is 0 Å². The van der Waals surface area contributed by atoms with E-state index in [4.69, 9.17) is 4.42 Å². The minimum Gasteiger partial charge on any atom is -0.425 e. The van der Waals surface area contributed by atoms with E-state index in [-0.39, 0.29) is 0 Å². The van der Waals surface area contributed by atoms with Crippen molar-refractivity contribution < 1.29 is 4.42 Å². The summed E-state index contributed by atoms with van der Waals surface area (Å²) in [5.41, 5.74) is 0. The molecule has 0 amide bonds. The maximum absolute atomic E-state index is 5.60. The summed E-state index contributed by atoms with van der Waals surface area (Å²) in [7, 11) is 0. The Balaban J connectivity index is 1.60. The van der Waals surface area contributed by atoms with E-state index in [2.05, 4.69) is 22.4 Å². The van der Waals surface area contributed by atoms with Gasteiger partial charge in [0.1, 0.15) is 0 Å². The number of unbranched alkanes of at least 4 members (excludes halogenated alkanes) is 3. The molecule has 1 fully saturated rings. The topological polar surface area (TPSA) is 51.0 Å². The fourth-order valence-electron chi connectivity index (χ4n) is 1.86. The van der Waals surface area contributed by atoms with E-state index in [0.29, 0.717) is 0 Å². The Morgan fingerprint density at radius 1 is 1.12 bits per heavy atom. The first kappa shape index (κ1) is 12.6. The van der Waals surface area contributed by atoms with Crippen LogP contribution in [0.1, 0.15) is 57.2 Å². The van der Waals surface area contributed by atoms with Crippen molar-refractivity contribution in [3.8, 4) is 0 Å². The van der Waals surface area contributed by atoms with Crippen LogP contribution in [0.5, 0.6) is 0 Å².